The van der Waals surface area contributed by atoms with Gasteiger partial charge >= 0.3 is 6.09 Å². The Bertz CT molecular complexity index is 1210. The predicted octanol–water partition coefficient (Wildman–Crippen LogP) is 5.43. The summed E-state index contributed by atoms with van der Waals surface area (Å²) in [6, 6.07) is 10.5. The maximum Gasteiger partial charge on any atom is 0.408 e. The number of ether oxygens (including phenoxy) is 2. The number of carbonyl (C=O) groups excluding carboxylic acids is 4. The molecule has 0 radical (unpaired) electrons. The number of phenols is 1. The van der Waals surface area contributed by atoms with E-state index in [1.54, 1.807) is 64.3 Å². The lowest BCUT2D eigenvalue weighted by Crippen LogP contribution is -2.52. The number of rotatable bonds is 17. The summed E-state index contributed by atoms with van der Waals surface area (Å²) in [7, 11) is 1.54. The van der Waals surface area contributed by atoms with Crippen LogP contribution in [0.25, 0.3) is 0 Å². The minimum absolute atomic E-state index is 0.00258. The summed E-state index contributed by atoms with van der Waals surface area (Å²) < 4.78 is 10.6. The van der Waals surface area contributed by atoms with Gasteiger partial charge in [-0.15, -0.1) is 0 Å². The lowest BCUT2D eigenvalue weighted by Gasteiger charge is -2.34. The van der Waals surface area contributed by atoms with Gasteiger partial charge in [-0.05, 0) is 75.6 Å². The van der Waals surface area contributed by atoms with Crippen molar-refractivity contribution in [3.05, 3.63) is 54.1 Å². The van der Waals surface area contributed by atoms with Gasteiger partial charge in [-0.3, -0.25) is 14.4 Å². The Morgan fingerprint density at radius 2 is 1.55 bits per heavy atom. The van der Waals surface area contributed by atoms with Crippen molar-refractivity contribution in [2.24, 2.45) is 5.73 Å². The third kappa shape index (κ3) is 12.5. The van der Waals surface area contributed by atoms with Crippen LogP contribution in [-0.4, -0.2) is 59.1 Å². The number of anilines is 1. The summed E-state index contributed by atoms with van der Waals surface area (Å²) in [4.78, 5) is 54.2. The molecule has 4 amide bonds. The number of nitrogens with zero attached hydrogens (tertiary/aromatic N) is 1. The second-order valence-corrected chi connectivity index (χ2v) is 11.7. The molecule has 11 nitrogen and oxygen atoms in total. The van der Waals surface area contributed by atoms with E-state index >= 15 is 0 Å². The number of methoxy groups -OCH3 is 1. The molecule has 11 heteroatoms. The summed E-state index contributed by atoms with van der Waals surface area (Å²) in [6.07, 6.45) is 4.59. The van der Waals surface area contributed by atoms with E-state index in [9.17, 15) is 24.3 Å². The monoisotopic (exact) mass is 612 g/mol. The Morgan fingerprint density at radius 1 is 0.932 bits per heavy atom. The highest BCUT2D eigenvalue weighted by molar-refractivity contribution is 5.99. The van der Waals surface area contributed by atoms with Crippen molar-refractivity contribution in [3.63, 3.8) is 0 Å². The number of carbonyl (C=O) groups is 4. The molecule has 0 aromatic heterocycles. The molecule has 2 atom stereocenters. The molecule has 0 spiro atoms. The number of amides is 4. The number of phenolic OH excluding ortho intramolecular Hbond substituents is 1. The van der Waals surface area contributed by atoms with E-state index in [2.05, 4.69) is 17.6 Å². The van der Waals surface area contributed by atoms with Crippen molar-refractivity contribution in [2.75, 3.05) is 19.0 Å². The molecule has 2 unspecified atom stereocenters. The van der Waals surface area contributed by atoms with Gasteiger partial charge in [-0.1, -0.05) is 51.2 Å². The van der Waals surface area contributed by atoms with Crippen molar-refractivity contribution in [1.82, 2.24) is 10.2 Å². The van der Waals surface area contributed by atoms with Gasteiger partial charge in [0.25, 0.3) is 5.91 Å². The number of nitrogens with one attached hydrogen (secondary N) is 2. The fourth-order valence-electron chi connectivity index (χ4n) is 4.64. The van der Waals surface area contributed by atoms with Gasteiger partial charge in [0.15, 0.2) is 0 Å². The number of benzene rings is 2. The van der Waals surface area contributed by atoms with Crippen LogP contribution in [0.4, 0.5) is 10.5 Å². The molecule has 0 bridgehead atoms. The third-order valence-corrected chi connectivity index (χ3v) is 6.83. The van der Waals surface area contributed by atoms with E-state index < -0.39 is 41.5 Å². The first kappa shape index (κ1) is 35.9. The predicted molar refractivity (Wildman–Crippen MR) is 169 cm³/mol. The minimum atomic E-state index is -1.19. The first-order chi connectivity index (χ1) is 20.8. The van der Waals surface area contributed by atoms with Crippen molar-refractivity contribution < 1.29 is 33.8 Å². The molecule has 0 aliphatic carbocycles. The Hall–Kier alpha value is -4.28. The van der Waals surface area contributed by atoms with Crippen LogP contribution < -0.4 is 21.1 Å². The minimum Gasteiger partial charge on any atom is -0.508 e. The number of hydrogen-bond donors (Lipinski definition) is 4. The molecule has 0 aliphatic heterocycles. The van der Waals surface area contributed by atoms with Crippen molar-refractivity contribution in [1.29, 1.82) is 0 Å². The number of primary amides is 1. The number of unbranched alkanes of at least 4 members (excludes halogenated alkanes) is 5. The highest BCUT2D eigenvalue weighted by atomic mass is 16.6. The number of hydrogen-bond acceptors (Lipinski definition) is 7. The van der Waals surface area contributed by atoms with Crippen LogP contribution in [-0.2, 0) is 19.1 Å². The van der Waals surface area contributed by atoms with Gasteiger partial charge in [-0.25, -0.2) is 4.79 Å². The van der Waals surface area contributed by atoms with Gasteiger partial charge in [-0.2, -0.15) is 0 Å². The van der Waals surface area contributed by atoms with Gasteiger partial charge in [0.2, 0.25) is 11.8 Å². The number of aromatic hydroxyl groups is 1. The van der Waals surface area contributed by atoms with Gasteiger partial charge < -0.3 is 35.8 Å². The van der Waals surface area contributed by atoms with E-state index in [0.29, 0.717) is 23.4 Å². The van der Waals surface area contributed by atoms with E-state index in [1.165, 1.54) is 17.0 Å². The average Bonchev–Trinajstić information content (AvgIpc) is 2.96. The maximum absolute atomic E-state index is 14.3. The summed E-state index contributed by atoms with van der Waals surface area (Å²) >= 11 is 0. The standard InChI is InChI=1S/C33H48N4O7/c1-6-7-8-9-10-11-22-37(31(41)27(20-21-28(34)39)36-32(42)44-33(2,3)4)29(23-12-16-25(38)17-13-23)30(40)35-24-14-18-26(43-5)19-15-24/h12-19,27,29,38H,6-11,20-22H2,1-5H3,(H2,34,39)(H,35,40)(H,36,42). The molecule has 242 valence electrons. The summed E-state index contributed by atoms with van der Waals surface area (Å²) in [5.74, 6) is -1.07. The van der Waals surface area contributed by atoms with E-state index in [4.69, 9.17) is 15.2 Å². The molecule has 2 aromatic rings. The first-order valence-electron chi connectivity index (χ1n) is 15.2. The molecular weight excluding hydrogens is 564 g/mol. The molecule has 5 N–H and O–H groups in total. The molecule has 0 saturated heterocycles. The molecule has 0 aliphatic rings. The van der Waals surface area contributed by atoms with Crippen LogP contribution >= 0.6 is 0 Å². The SMILES string of the molecule is CCCCCCCCN(C(=O)C(CCC(N)=O)NC(=O)OC(C)(C)C)C(C(=O)Nc1ccc(OC)cc1)c1ccc(O)cc1. The van der Waals surface area contributed by atoms with Gasteiger partial charge in [0, 0.05) is 18.7 Å². The molecular formula is C33H48N4O7. The third-order valence-electron chi connectivity index (χ3n) is 6.83. The Kier molecular flexibility index (Phi) is 14.5. The zero-order valence-electron chi connectivity index (χ0n) is 26.6. The molecule has 44 heavy (non-hydrogen) atoms. The fourth-order valence-corrected chi connectivity index (χ4v) is 4.64. The van der Waals surface area contributed by atoms with Crippen LogP contribution in [0.3, 0.4) is 0 Å². The quantitative estimate of drug-likeness (QED) is 0.173. The molecule has 2 aromatic carbocycles. The Balaban J connectivity index is 2.51. The van der Waals surface area contributed by atoms with Crippen LogP contribution in [0.15, 0.2) is 48.5 Å². The lowest BCUT2D eigenvalue weighted by molar-refractivity contribution is -0.141. The Labute approximate surface area is 260 Å². The zero-order chi connectivity index (χ0) is 32.7. The van der Waals surface area contributed by atoms with Crippen LogP contribution in [0.5, 0.6) is 11.5 Å². The average molecular weight is 613 g/mol. The summed E-state index contributed by atoms with van der Waals surface area (Å²) in [5.41, 5.74) is 5.52. The largest absolute Gasteiger partial charge is 0.508 e. The second-order valence-electron chi connectivity index (χ2n) is 11.7. The second kappa shape index (κ2) is 17.7. The molecule has 0 fully saturated rings. The number of nitrogens with two attached hydrogens (primary N) is 1. The molecule has 0 heterocycles. The molecule has 0 saturated carbocycles. The maximum atomic E-state index is 14.3. The van der Waals surface area contributed by atoms with E-state index in [1.807, 2.05) is 0 Å². The zero-order valence-corrected chi connectivity index (χ0v) is 26.6. The van der Waals surface area contributed by atoms with Crippen LogP contribution in [0, 0.1) is 0 Å². The Morgan fingerprint density at radius 3 is 2.11 bits per heavy atom. The van der Waals surface area contributed by atoms with Crippen molar-refractivity contribution in [2.45, 2.75) is 96.7 Å². The first-order valence-corrected chi connectivity index (χ1v) is 15.2. The smallest absolute Gasteiger partial charge is 0.408 e. The van der Waals surface area contributed by atoms with E-state index in [0.717, 1.165) is 32.1 Å². The van der Waals surface area contributed by atoms with Gasteiger partial charge in [0.1, 0.15) is 29.2 Å². The molecule has 2 rings (SSSR count). The fraction of sp³-hybridized carbons (Fsp3) is 0.515. The topological polar surface area (TPSA) is 160 Å². The van der Waals surface area contributed by atoms with E-state index in [-0.39, 0.29) is 25.1 Å². The normalized spacial score (nSPS) is 12.5. The number of alkyl carbamates (subject to hydrolysis) is 1. The van der Waals surface area contributed by atoms with Crippen LogP contribution in [0.2, 0.25) is 0 Å². The highest BCUT2D eigenvalue weighted by Crippen LogP contribution is 2.28. The summed E-state index contributed by atoms with van der Waals surface area (Å²) in [6.45, 7) is 7.43. The summed E-state index contributed by atoms with van der Waals surface area (Å²) in [5, 5.41) is 15.4. The van der Waals surface area contributed by atoms with Gasteiger partial charge in [0.05, 0.1) is 7.11 Å². The highest BCUT2D eigenvalue weighted by Gasteiger charge is 2.36. The van der Waals surface area contributed by atoms with Crippen molar-refractivity contribution >= 4 is 29.5 Å². The van der Waals surface area contributed by atoms with Crippen molar-refractivity contribution in [3.8, 4) is 11.5 Å². The lowest BCUT2D eigenvalue weighted by atomic mass is 10.0. The van der Waals surface area contributed by atoms with Crippen LogP contribution in [0.1, 0.15) is 90.7 Å².